The van der Waals surface area contributed by atoms with Crippen LogP contribution >= 0.6 is 11.6 Å². The van der Waals surface area contributed by atoms with Crippen LogP contribution in [-0.2, 0) is 26.0 Å². The van der Waals surface area contributed by atoms with Gasteiger partial charge in [-0.05, 0) is 74.2 Å². The molecule has 4 rings (SSSR count). The minimum absolute atomic E-state index is 0.0463. The molecule has 1 unspecified atom stereocenters. The van der Waals surface area contributed by atoms with E-state index in [1.54, 1.807) is 24.3 Å². The number of nitrogens with one attached hydrogen (secondary N) is 1. The topological polar surface area (TPSA) is 86.8 Å². The Labute approximate surface area is 225 Å². The number of hydrogen-bond acceptors (Lipinski definition) is 5. The lowest BCUT2D eigenvalue weighted by molar-refractivity contribution is -0.139. The molecule has 200 valence electrons. The van der Waals surface area contributed by atoms with Gasteiger partial charge in [0.2, 0.25) is 11.8 Å². The minimum atomic E-state index is -3.24. The smallest absolute Gasteiger partial charge is 0.229 e. The van der Waals surface area contributed by atoms with E-state index in [1.165, 1.54) is 6.26 Å². The molecule has 2 heterocycles. The van der Waals surface area contributed by atoms with Crippen LogP contribution < -0.4 is 5.32 Å². The molecule has 0 aliphatic carbocycles. The summed E-state index contributed by atoms with van der Waals surface area (Å²) in [5.41, 5.74) is 1.73. The van der Waals surface area contributed by atoms with Gasteiger partial charge in [-0.15, -0.1) is 0 Å². The summed E-state index contributed by atoms with van der Waals surface area (Å²) in [4.78, 5) is 29.9. The van der Waals surface area contributed by atoms with E-state index in [4.69, 9.17) is 11.6 Å². The molecule has 2 saturated heterocycles. The number of carbonyl (C=O) groups is 2. The number of carbonyl (C=O) groups excluding carboxylic acids is 2. The van der Waals surface area contributed by atoms with Crippen LogP contribution in [0.1, 0.15) is 56.2 Å². The zero-order valence-corrected chi connectivity index (χ0v) is 23.2. The van der Waals surface area contributed by atoms with Crippen molar-refractivity contribution in [3.63, 3.8) is 0 Å². The second-order valence-corrected chi connectivity index (χ2v) is 12.7. The predicted molar refractivity (Wildman–Crippen MR) is 145 cm³/mol. The fourth-order valence-corrected chi connectivity index (χ4v) is 6.41. The van der Waals surface area contributed by atoms with Crippen LogP contribution in [0.2, 0.25) is 5.02 Å². The molecule has 2 amide bonds. The van der Waals surface area contributed by atoms with Crippen molar-refractivity contribution >= 4 is 33.3 Å². The molecule has 9 heteroatoms. The fourth-order valence-electron chi connectivity index (χ4n) is 5.58. The van der Waals surface area contributed by atoms with Crippen molar-refractivity contribution in [2.45, 2.75) is 56.5 Å². The minimum Gasteiger partial charge on any atom is -0.356 e. The Morgan fingerprint density at radius 2 is 1.76 bits per heavy atom. The van der Waals surface area contributed by atoms with Crippen LogP contribution in [0.25, 0.3) is 0 Å². The molecule has 2 aliphatic rings. The normalized spacial score (nSPS) is 18.8. The third-order valence-corrected chi connectivity index (χ3v) is 9.18. The second-order valence-electron chi connectivity index (χ2n) is 10.3. The summed E-state index contributed by atoms with van der Waals surface area (Å²) in [6.45, 7) is 5.27. The molecule has 37 heavy (non-hydrogen) atoms. The van der Waals surface area contributed by atoms with Gasteiger partial charge in [0.25, 0.3) is 0 Å². The number of amides is 2. The Balaban J connectivity index is 1.40. The van der Waals surface area contributed by atoms with E-state index in [2.05, 4.69) is 16.3 Å². The van der Waals surface area contributed by atoms with Gasteiger partial charge in [0.1, 0.15) is 0 Å². The van der Waals surface area contributed by atoms with Gasteiger partial charge >= 0.3 is 0 Å². The van der Waals surface area contributed by atoms with Crippen LogP contribution in [0.3, 0.4) is 0 Å². The molecular weight excluding hydrogens is 510 g/mol. The molecule has 0 bridgehead atoms. The Kier molecular flexibility index (Phi) is 8.61. The number of benzene rings is 2. The van der Waals surface area contributed by atoms with Crippen LogP contribution in [0, 0.1) is 5.41 Å². The molecule has 2 aromatic carbocycles. The molecule has 0 radical (unpaired) electrons. The van der Waals surface area contributed by atoms with E-state index in [0.29, 0.717) is 31.1 Å². The van der Waals surface area contributed by atoms with Crippen molar-refractivity contribution in [1.29, 1.82) is 0 Å². The Morgan fingerprint density at radius 3 is 2.38 bits per heavy atom. The lowest BCUT2D eigenvalue weighted by Gasteiger charge is -2.42. The van der Waals surface area contributed by atoms with Gasteiger partial charge in [-0.3, -0.25) is 14.5 Å². The summed E-state index contributed by atoms with van der Waals surface area (Å²) in [7, 11) is -3.24. The maximum absolute atomic E-state index is 13.5. The lowest BCUT2D eigenvalue weighted by Crippen LogP contribution is -2.46. The molecular formula is C28H36ClN3O4S. The van der Waals surface area contributed by atoms with Crippen LogP contribution in [-0.4, -0.2) is 62.5 Å². The zero-order chi connectivity index (χ0) is 26.6. The second kappa shape index (κ2) is 11.5. The summed E-state index contributed by atoms with van der Waals surface area (Å²) in [5, 5.41) is 3.68. The van der Waals surface area contributed by atoms with E-state index < -0.39 is 9.84 Å². The molecule has 1 atom stereocenters. The molecule has 0 saturated carbocycles. The highest BCUT2D eigenvalue weighted by Gasteiger charge is 2.48. The monoisotopic (exact) mass is 545 g/mol. The quantitative estimate of drug-likeness (QED) is 0.510. The lowest BCUT2D eigenvalue weighted by atomic mass is 9.76. The van der Waals surface area contributed by atoms with Gasteiger partial charge in [-0.1, -0.05) is 42.8 Å². The zero-order valence-electron chi connectivity index (χ0n) is 21.6. The number of nitrogens with zero attached hydrogens (tertiary/aromatic N) is 2. The van der Waals surface area contributed by atoms with Crippen molar-refractivity contribution < 1.29 is 18.0 Å². The standard InChI is InChI=1S/C28H36ClN3O4S/c1-3-26(33)30-15-11-25(22-5-4-6-23(29)19-22)31-16-12-28(13-17-31)14-18-32(27(28)34)20-21-7-9-24(10-8-21)37(2,35)36/h4-10,19,25H,3,11-18,20H2,1-2H3,(H,30,33). The summed E-state index contributed by atoms with van der Waals surface area (Å²) in [5.74, 6) is 0.249. The van der Waals surface area contributed by atoms with E-state index in [0.717, 1.165) is 49.9 Å². The SMILES string of the molecule is CCC(=O)NCCC(c1cccc(Cl)c1)N1CCC2(CCN(Cc3ccc(S(C)(=O)=O)cc3)C2=O)CC1. The highest BCUT2D eigenvalue weighted by molar-refractivity contribution is 7.90. The van der Waals surface area contributed by atoms with Crippen molar-refractivity contribution in [1.82, 2.24) is 15.1 Å². The van der Waals surface area contributed by atoms with Crippen molar-refractivity contribution in [2.75, 3.05) is 32.4 Å². The van der Waals surface area contributed by atoms with Crippen molar-refractivity contribution in [3.05, 3.63) is 64.7 Å². The van der Waals surface area contributed by atoms with E-state index in [1.807, 2.05) is 30.0 Å². The number of sulfone groups is 1. The Bertz CT molecular complexity index is 1220. The average Bonchev–Trinajstić information content (AvgIpc) is 3.16. The molecule has 1 spiro atoms. The first-order valence-electron chi connectivity index (χ1n) is 13.0. The van der Waals surface area contributed by atoms with Gasteiger partial charge in [0, 0.05) is 43.4 Å². The molecule has 2 aromatic rings. The van der Waals surface area contributed by atoms with Crippen LogP contribution in [0.5, 0.6) is 0 Å². The molecule has 2 fully saturated rings. The van der Waals surface area contributed by atoms with Crippen molar-refractivity contribution in [2.24, 2.45) is 5.41 Å². The number of likely N-dealkylation sites (tertiary alicyclic amines) is 2. The van der Waals surface area contributed by atoms with Gasteiger partial charge in [0.15, 0.2) is 9.84 Å². The average molecular weight is 546 g/mol. The first-order valence-corrected chi connectivity index (χ1v) is 15.2. The molecule has 0 aromatic heterocycles. The maximum atomic E-state index is 13.5. The van der Waals surface area contributed by atoms with Crippen LogP contribution in [0.4, 0.5) is 0 Å². The Hall–Kier alpha value is -2.42. The molecule has 2 aliphatic heterocycles. The summed E-state index contributed by atoms with van der Waals surface area (Å²) in [6, 6.07) is 14.8. The molecule has 1 N–H and O–H groups in total. The Morgan fingerprint density at radius 1 is 1.08 bits per heavy atom. The number of hydrogen-bond donors (Lipinski definition) is 1. The third kappa shape index (κ3) is 6.54. The van der Waals surface area contributed by atoms with Crippen LogP contribution in [0.15, 0.2) is 53.4 Å². The number of rotatable bonds is 9. The summed E-state index contributed by atoms with van der Waals surface area (Å²) < 4.78 is 23.5. The summed E-state index contributed by atoms with van der Waals surface area (Å²) in [6.07, 6.45) is 4.88. The van der Waals surface area contributed by atoms with Gasteiger partial charge in [-0.25, -0.2) is 8.42 Å². The van der Waals surface area contributed by atoms with E-state index in [9.17, 15) is 18.0 Å². The van der Waals surface area contributed by atoms with Crippen molar-refractivity contribution in [3.8, 4) is 0 Å². The highest BCUT2D eigenvalue weighted by Crippen LogP contribution is 2.44. The first-order chi connectivity index (χ1) is 17.6. The highest BCUT2D eigenvalue weighted by atomic mass is 35.5. The van der Waals surface area contributed by atoms with E-state index >= 15 is 0 Å². The third-order valence-electron chi connectivity index (χ3n) is 7.82. The summed E-state index contributed by atoms with van der Waals surface area (Å²) >= 11 is 6.30. The fraction of sp³-hybridized carbons (Fsp3) is 0.500. The number of piperidine rings is 1. The number of halogens is 1. The predicted octanol–water partition coefficient (Wildman–Crippen LogP) is 4.22. The van der Waals surface area contributed by atoms with Gasteiger partial charge < -0.3 is 10.2 Å². The van der Waals surface area contributed by atoms with Gasteiger partial charge in [0.05, 0.1) is 10.3 Å². The maximum Gasteiger partial charge on any atom is 0.229 e. The first kappa shape index (κ1) is 27.6. The molecule has 7 nitrogen and oxygen atoms in total. The van der Waals surface area contributed by atoms with Gasteiger partial charge in [-0.2, -0.15) is 0 Å². The van der Waals surface area contributed by atoms with E-state index in [-0.39, 0.29) is 28.2 Å². The largest absolute Gasteiger partial charge is 0.356 e.